The molecule has 1 fully saturated rings. The molecule has 24 heavy (non-hydrogen) atoms. The van der Waals surface area contributed by atoms with Crippen molar-refractivity contribution in [3.05, 3.63) is 34.9 Å². The largest absolute Gasteiger partial charge is 0.457 e. The van der Waals surface area contributed by atoms with Crippen molar-refractivity contribution in [2.24, 2.45) is 5.92 Å². The minimum Gasteiger partial charge on any atom is -0.457 e. The molecule has 0 aromatic heterocycles. The Balaban J connectivity index is 1.51. The number of carbonyl (C=O) groups excluding carboxylic acids is 2. The molecule has 130 valence electrons. The molecule has 1 aromatic carbocycles. The van der Waals surface area contributed by atoms with E-state index in [9.17, 15) is 18.0 Å². The van der Waals surface area contributed by atoms with Gasteiger partial charge in [-0.2, -0.15) is 0 Å². The van der Waals surface area contributed by atoms with Crippen molar-refractivity contribution in [1.82, 2.24) is 0 Å². The number of Topliss-reactive ketones (excluding diaryl/α,β-unsaturated/α-hetero) is 1. The first-order chi connectivity index (χ1) is 11.4. The first kappa shape index (κ1) is 17.1. The van der Waals surface area contributed by atoms with Gasteiger partial charge in [0.25, 0.3) is 0 Å². The molecule has 1 aliphatic carbocycles. The third kappa shape index (κ3) is 4.23. The van der Waals surface area contributed by atoms with Gasteiger partial charge in [-0.25, -0.2) is 8.42 Å². The number of sulfone groups is 1. The number of benzene rings is 1. The van der Waals surface area contributed by atoms with Crippen molar-refractivity contribution in [2.75, 3.05) is 18.1 Å². The highest BCUT2D eigenvalue weighted by Gasteiger charge is 2.30. The summed E-state index contributed by atoms with van der Waals surface area (Å²) < 4.78 is 27.8. The van der Waals surface area contributed by atoms with Gasteiger partial charge in [-0.05, 0) is 55.2 Å². The summed E-state index contributed by atoms with van der Waals surface area (Å²) in [4.78, 5) is 24.0. The van der Waals surface area contributed by atoms with Crippen molar-refractivity contribution in [3.8, 4) is 0 Å². The molecular weight excluding hydrogens is 328 g/mol. The standard InChI is InChI=1S/C18H22O5S/c19-17(16-6-5-14-3-1-2-4-15(14)10-16)11-23-18(20)9-13-7-8-24(21,22)12-13/h5-6,10,13H,1-4,7-9,11-12H2/t13-/m0/s1. The van der Waals surface area contributed by atoms with Crippen LogP contribution in [0, 0.1) is 5.92 Å². The van der Waals surface area contributed by atoms with E-state index in [1.807, 2.05) is 12.1 Å². The van der Waals surface area contributed by atoms with Crippen molar-refractivity contribution in [3.63, 3.8) is 0 Å². The van der Waals surface area contributed by atoms with Gasteiger partial charge in [-0.3, -0.25) is 9.59 Å². The lowest BCUT2D eigenvalue weighted by Gasteiger charge is -2.16. The van der Waals surface area contributed by atoms with Crippen LogP contribution in [0.5, 0.6) is 0 Å². The molecule has 0 spiro atoms. The Kier molecular flexibility index (Phi) is 5.04. The van der Waals surface area contributed by atoms with Gasteiger partial charge in [0.05, 0.1) is 11.5 Å². The van der Waals surface area contributed by atoms with Crippen LogP contribution in [0.2, 0.25) is 0 Å². The normalized spacial score (nSPS) is 21.9. The van der Waals surface area contributed by atoms with E-state index in [1.54, 1.807) is 6.07 Å². The summed E-state index contributed by atoms with van der Waals surface area (Å²) in [6.45, 7) is -0.281. The third-order valence-corrected chi connectivity index (χ3v) is 6.65. The number of ether oxygens (including phenoxy) is 1. The van der Waals surface area contributed by atoms with E-state index in [1.165, 1.54) is 17.5 Å². The molecule has 1 atom stereocenters. The fourth-order valence-electron chi connectivity index (χ4n) is 3.46. The van der Waals surface area contributed by atoms with Gasteiger partial charge < -0.3 is 4.74 Å². The Morgan fingerprint density at radius 2 is 1.88 bits per heavy atom. The minimum atomic E-state index is -3.00. The zero-order valence-corrected chi connectivity index (χ0v) is 14.4. The number of hydrogen-bond donors (Lipinski definition) is 0. The van der Waals surface area contributed by atoms with Gasteiger partial charge in [0, 0.05) is 12.0 Å². The van der Waals surface area contributed by atoms with Gasteiger partial charge in [0.1, 0.15) is 0 Å². The zero-order valence-electron chi connectivity index (χ0n) is 13.6. The molecule has 5 nitrogen and oxygen atoms in total. The number of ketones is 1. The van der Waals surface area contributed by atoms with Crippen molar-refractivity contribution >= 4 is 21.6 Å². The molecule has 0 bridgehead atoms. The predicted octanol–water partition coefficient (Wildman–Crippen LogP) is 2.12. The fraction of sp³-hybridized carbons (Fsp3) is 0.556. The zero-order chi connectivity index (χ0) is 17.2. The highest BCUT2D eigenvalue weighted by atomic mass is 32.2. The number of carbonyl (C=O) groups is 2. The summed E-state index contributed by atoms with van der Waals surface area (Å²) in [5, 5.41) is 0. The van der Waals surface area contributed by atoms with Gasteiger partial charge >= 0.3 is 5.97 Å². The topological polar surface area (TPSA) is 77.5 Å². The van der Waals surface area contributed by atoms with Crippen LogP contribution < -0.4 is 0 Å². The smallest absolute Gasteiger partial charge is 0.306 e. The van der Waals surface area contributed by atoms with Gasteiger partial charge in [-0.1, -0.05) is 12.1 Å². The first-order valence-corrected chi connectivity index (χ1v) is 10.3. The van der Waals surface area contributed by atoms with Gasteiger partial charge in [0.15, 0.2) is 22.2 Å². The van der Waals surface area contributed by atoms with Crippen LogP contribution in [-0.4, -0.2) is 38.3 Å². The molecule has 0 amide bonds. The summed E-state index contributed by atoms with van der Waals surface area (Å²) >= 11 is 0. The molecule has 1 heterocycles. The van der Waals surface area contributed by atoms with Crippen LogP contribution in [0.15, 0.2) is 18.2 Å². The van der Waals surface area contributed by atoms with Crippen molar-refractivity contribution in [2.45, 2.75) is 38.5 Å². The van der Waals surface area contributed by atoms with E-state index >= 15 is 0 Å². The Bertz CT molecular complexity index is 751. The average Bonchev–Trinajstić information content (AvgIpc) is 2.90. The highest BCUT2D eigenvalue weighted by Crippen LogP contribution is 2.23. The van der Waals surface area contributed by atoms with E-state index in [2.05, 4.69) is 0 Å². The molecule has 0 N–H and O–H groups in total. The Morgan fingerprint density at radius 3 is 2.58 bits per heavy atom. The van der Waals surface area contributed by atoms with E-state index in [0.29, 0.717) is 12.0 Å². The second-order valence-corrected chi connectivity index (χ2v) is 8.98. The lowest BCUT2D eigenvalue weighted by molar-refractivity contribution is -0.143. The van der Waals surface area contributed by atoms with E-state index in [-0.39, 0.29) is 36.2 Å². The summed E-state index contributed by atoms with van der Waals surface area (Å²) in [5.74, 6) is -0.708. The monoisotopic (exact) mass is 350 g/mol. The van der Waals surface area contributed by atoms with Gasteiger partial charge in [-0.15, -0.1) is 0 Å². The maximum absolute atomic E-state index is 12.2. The molecule has 1 aromatic rings. The summed E-state index contributed by atoms with van der Waals surface area (Å²) in [6.07, 6.45) is 4.95. The number of esters is 1. The van der Waals surface area contributed by atoms with Crippen LogP contribution in [-0.2, 0) is 32.2 Å². The molecule has 6 heteroatoms. The van der Waals surface area contributed by atoms with Crippen LogP contribution in [0.3, 0.4) is 0 Å². The summed E-state index contributed by atoms with van der Waals surface area (Å²) in [5.41, 5.74) is 3.10. The lowest BCUT2D eigenvalue weighted by Crippen LogP contribution is -2.18. The SMILES string of the molecule is O=C(C[C@@H]1CCS(=O)(=O)C1)OCC(=O)c1ccc2c(c1)CCCC2. The average molecular weight is 350 g/mol. The van der Waals surface area contributed by atoms with Crippen LogP contribution in [0.4, 0.5) is 0 Å². The number of aryl methyl sites for hydroxylation is 2. The molecule has 0 unspecified atom stereocenters. The number of hydrogen-bond acceptors (Lipinski definition) is 5. The molecule has 0 radical (unpaired) electrons. The summed E-state index contributed by atoms with van der Waals surface area (Å²) in [6, 6.07) is 5.70. The maximum Gasteiger partial charge on any atom is 0.306 e. The first-order valence-electron chi connectivity index (χ1n) is 8.44. The highest BCUT2D eigenvalue weighted by molar-refractivity contribution is 7.91. The second-order valence-electron chi connectivity index (χ2n) is 6.75. The molecule has 2 aliphatic rings. The van der Waals surface area contributed by atoms with E-state index in [4.69, 9.17) is 4.74 Å². The van der Waals surface area contributed by atoms with Crippen LogP contribution >= 0.6 is 0 Å². The fourth-order valence-corrected chi connectivity index (χ4v) is 5.33. The number of rotatable bonds is 5. The van der Waals surface area contributed by atoms with Gasteiger partial charge in [0.2, 0.25) is 0 Å². The number of fused-ring (bicyclic) bond motifs is 1. The van der Waals surface area contributed by atoms with Crippen LogP contribution in [0.1, 0.15) is 47.2 Å². The second kappa shape index (κ2) is 7.05. The molecule has 3 rings (SSSR count). The quantitative estimate of drug-likeness (QED) is 0.600. The Labute approximate surface area is 142 Å². The van der Waals surface area contributed by atoms with Crippen LogP contribution in [0.25, 0.3) is 0 Å². The van der Waals surface area contributed by atoms with Crippen molar-refractivity contribution in [1.29, 1.82) is 0 Å². The lowest BCUT2D eigenvalue weighted by atomic mass is 9.90. The maximum atomic E-state index is 12.2. The van der Waals surface area contributed by atoms with E-state index < -0.39 is 15.8 Å². The Morgan fingerprint density at radius 1 is 1.12 bits per heavy atom. The van der Waals surface area contributed by atoms with Crippen molar-refractivity contribution < 1.29 is 22.7 Å². The minimum absolute atomic E-state index is 0.0425. The predicted molar refractivity (Wildman–Crippen MR) is 89.8 cm³/mol. The molecular formula is C18H22O5S. The van der Waals surface area contributed by atoms with E-state index in [0.717, 1.165) is 19.3 Å². The molecule has 0 saturated carbocycles. The molecule has 1 saturated heterocycles. The Hall–Kier alpha value is -1.69. The summed E-state index contributed by atoms with van der Waals surface area (Å²) in [7, 11) is -3.00. The third-order valence-electron chi connectivity index (χ3n) is 4.82. The molecule has 1 aliphatic heterocycles.